The van der Waals surface area contributed by atoms with E-state index in [4.69, 9.17) is 5.26 Å². The van der Waals surface area contributed by atoms with E-state index in [1.54, 1.807) is 18.3 Å². The minimum Gasteiger partial charge on any atom is -0.313 e. The molecule has 0 unspecified atom stereocenters. The fourth-order valence-electron chi connectivity index (χ4n) is 1.94. The van der Waals surface area contributed by atoms with Gasteiger partial charge in [0.05, 0.1) is 22.4 Å². The van der Waals surface area contributed by atoms with Crippen molar-refractivity contribution in [3.63, 3.8) is 0 Å². The molecule has 1 fully saturated rings. The summed E-state index contributed by atoms with van der Waals surface area (Å²) < 4.78 is 12.1. The van der Waals surface area contributed by atoms with Gasteiger partial charge in [0.15, 0.2) is 0 Å². The molecule has 1 aliphatic rings. The number of rotatable bonds is 3. The Bertz CT molecular complexity index is 449. The Morgan fingerprint density at radius 2 is 2.47 bits per heavy atom. The first-order valence-corrected chi connectivity index (χ1v) is 7.09. The maximum Gasteiger partial charge on any atom is 0.128 e. The van der Waals surface area contributed by atoms with Crippen molar-refractivity contribution in [2.75, 3.05) is 12.3 Å². The Morgan fingerprint density at radius 3 is 3.18 bits per heavy atom. The van der Waals surface area contributed by atoms with Crippen LogP contribution in [-0.4, -0.2) is 27.5 Å². The van der Waals surface area contributed by atoms with E-state index in [2.05, 4.69) is 10.3 Å². The molecule has 0 bridgehead atoms. The molecule has 0 saturated carbocycles. The highest BCUT2D eigenvalue weighted by atomic mass is 32.2. The summed E-state index contributed by atoms with van der Waals surface area (Å²) >= 11 is 0. The lowest BCUT2D eigenvalue weighted by molar-refractivity contribution is 0.427. The van der Waals surface area contributed by atoms with Crippen molar-refractivity contribution in [1.82, 2.24) is 10.3 Å². The lowest BCUT2D eigenvalue weighted by Crippen LogP contribution is -2.38. The molecule has 2 rings (SSSR count). The average Bonchev–Trinajstić information content (AvgIpc) is 2.40. The molecule has 2 atom stereocenters. The van der Waals surface area contributed by atoms with Crippen molar-refractivity contribution in [3.8, 4) is 6.07 Å². The van der Waals surface area contributed by atoms with E-state index in [9.17, 15) is 4.21 Å². The molecule has 5 heteroatoms. The van der Waals surface area contributed by atoms with E-state index in [0.29, 0.717) is 22.4 Å². The number of piperidine rings is 1. The summed E-state index contributed by atoms with van der Waals surface area (Å²) in [5.74, 6) is 0.585. The maximum absolute atomic E-state index is 12.1. The smallest absolute Gasteiger partial charge is 0.128 e. The van der Waals surface area contributed by atoms with Crippen LogP contribution in [0, 0.1) is 11.3 Å². The molecule has 90 valence electrons. The average molecular weight is 249 g/mol. The van der Waals surface area contributed by atoms with Crippen molar-refractivity contribution in [2.45, 2.75) is 30.3 Å². The highest BCUT2D eigenvalue weighted by molar-refractivity contribution is 7.85. The van der Waals surface area contributed by atoms with Crippen LogP contribution in [0.3, 0.4) is 0 Å². The first kappa shape index (κ1) is 12.2. The second kappa shape index (κ2) is 5.89. The first-order chi connectivity index (χ1) is 8.29. The van der Waals surface area contributed by atoms with Gasteiger partial charge < -0.3 is 5.32 Å². The van der Waals surface area contributed by atoms with Gasteiger partial charge >= 0.3 is 0 Å². The Labute approximate surface area is 104 Å². The van der Waals surface area contributed by atoms with E-state index >= 15 is 0 Å². The van der Waals surface area contributed by atoms with Gasteiger partial charge in [-0.15, -0.1) is 0 Å². The number of hydrogen-bond acceptors (Lipinski definition) is 4. The van der Waals surface area contributed by atoms with E-state index in [-0.39, 0.29) is 0 Å². The molecule has 0 spiro atoms. The van der Waals surface area contributed by atoms with Gasteiger partial charge in [-0.1, -0.05) is 6.42 Å². The second-order valence-electron chi connectivity index (χ2n) is 4.15. The minimum atomic E-state index is -1.12. The number of pyridine rings is 1. The molecule has 1 saturated heterocycles. The summed E-state index contributed by atoms with van der Waals surface area (Å²) in [6, 6.07) is 5.59. The Morgan fingerprint density at radius 1 is 1.59 bits per heavy atom. The normalized spacial score (nSPS) is 21.7. The molecular weight excluding hydrogens is 234 g/mol. The summed E-state index contributed by atoms with van der Waals surface area (Å²) in [5, 5.41) is 12.6. The highest BCUT2D eigenvalue weighted by Gasteiger charge is 2.17. The predicted octanol–water partition coefficient (Wildman–Crippen LogP) is 1.20. The molecule has 0 radical (unpaired) electrons. The van der Waals surface area contributed by atoms with E-state index in [1.807, 2.05) is 6.07 Å². The summed E-state index contributed by atoms with van der Waals surface area (Å²) in [5.41, 5.74) is 0.514. The van der Waals surface area contributed by atoms with Gasteiger partial charge in [0, 0.05) is 18.0 Å². The third-order valence-corrected chi connectivity index (χ3v) is 4.26. The van der Waals surface area contributed by atoms with Crippen molar-refractivity contribution in [1.29, 1.82) is 5.26 Å². The van der Waals surface area contributed by atoms with Crippen LogP contribution < -0.4 is 5.32 Å². The zero-order valence-electron chi connectivity index (χ0n) is 9.56. The molecule has 1 N–H and O–H groups in total. The predicted molar refractivity (Wildman–Crippen MR) is 65.9 cm³/mol. The molecule has 0 aromatic carbocycles. The molecule has 17 heavy (non-hydrogen) atoms. The van der Waals surface area contributed by atoms with Gasteiger partial charge in [0.2, 0.25) is 0 Å². The minimum absolute atomic E-state index is 0.317. The molecule has 1 aromatic rings. The van der Waals surface area contributed by atoms with Gasteiger partial charge in [0.25, 0.3) is 0 Å². The lowest BCUT2D eigenvalue weighted by atomic mass is 10.1. The number of hydrogen-bond donors (Lipinski definition) is 1. The molecule has 0 aliphatic carbocycles. The molecule has 2 heterocycles. The van der Waals surface area contributed by atoms with Crippen LogP contribution in [0.4, 0.5) is 0 Å². The highest BCUT2D eigenvalue weighted by Crippen LogP contribution is 2.12. The number of nitrogens with zero attached hydrogens (tertiary/aromatic N) is 2. The maximum atomic E-state index is 12.1. The quantitative estimate of drug-likeness (QED) is 0.874. The number of nitrogens with one attached hydrogen (secondary N) is 1. The van der Waals surface area contributed by atoms with E-state index < -0.39 is 10.8 Å². The van der Waals surface area contributed by atoms with Crippen LogP contribution in [0.25, 0.3) is 0 Å². The van der Waals surface area contributed by atoms with Crippen molar-refractivity contribution in [2.24, 2.45) is 0 Å². The monoisotopic (exact) mass is 249 g/mol. The Kier molecular flexibility index (Phi) is 4.24. The fraction of sp³-hybridized carbons (Fsp3) is 0.500. The van der Waals surface area contributed by atoms with Crippen LogP contribution in [0.5, 0.6) is 0 Å². The molecular formula is C12H15N3OS. The summed E-state index contributed by atoms with van der Waals surface area (Å²) in [6.07, 6.45) is 5.01. The largest absolute Gasteiger partial charge is 0.313 e. The third kappa shape index (κ3) is 3.35. The third-order valence-electron chi connectivity index (χ3n) is 2.86. The van der Waals surface area contributed by atoms with E-state index in [0.717, 1.165) is 13.0 Å². The molecule has 4 nitrogen and oxygen atoms in total. The zero-order valence-corrected chi connectivity index (χ0v) is 10.4. The molecule has 1 aliphatic heterocycles. The Balaban J connectivity index is 2.01. The second-order valence-corrected chi connectivity index (χ2v) is 5.60. The fourth-order valence-corrected chi connectivity index (χ4v) is 3.20. The lowest BCUT2D eigenvalue weighted by Gasteiger charge is -2.22. The van der Waals surface area contributed by atoms with Crippen molar-refractivity contribution >= 4 is 10.8 Å². The van der Waals surface area contributed by atoms with Crippen LogP contribution in [0.1, 0.15) is 24.8 Å². The van der Waals surface area contributed by atoms with Crippen LogP contribution in [0.2, 0.25) is 0 Å². The van der Waals surface area contributed by atoms with Crippen molar-refractivity contribution in [3.05, 3.63) is 23.9 Å². The topological polar surface area (TPSA) is 65.8 Å². The first-order valence-electron chi connectivity index (χ1n) is 5.77. The standard InChI is InChI=1S/C12H15N3OS/c13-8-10-4-6-15-12(7-10)17(16)9-11-3-1-2-5-14-11/h4,6-7,11,14H,1-3,5,9H2/t11-,17-/m0/s1. The zero-order chi connectivity index (χ0) is 12.1. The summed E-state index contributed by atoms with van der Waals surface area (Å²) in [7, 11) is -1.12. The van der Waals surface area contributed by atoms with Crippen LogP contribution >= 0.6 is 0 Å². The van der Waals surface area contributed by atoms with Gasteiger partial charge in [-0.25, -0.2) is 4.98 Å². The summed E-state index contributed by atoms with van der Waals surface area (Å²) in [6.45, 7) is 1.01. The van der Waals surface area contributed by atoms with Crippen LogP contribution in [-0.2, 0) is 10.8 Å². The Hall–Kier alpha value is -1.25. The SMILES string of the molecule is N#Cc1ccnc([S@@](=O)C[C@@H]2CCCCN2)c1. The van der Waals surface area contributed by atoms with Gasteiger partial charge in [0.1, 0.15) is 5.03 Å². The summed E-state index contributed by atoms with van der Waals surface area (Å²) in [4.78, 5) is 4.07. The van der Waals surface area contributed by atoms with Gasteiger partial charge in [-0.05, 0) is 31.5 Å². The number of nitriles is 1. The van der Waals surface area contributed by atoms with Crippen LogP contribution in [0.15, 0.2) is 23.4 Å². The molecule has 1 aromatic heterocycles. The van der Waals surface area contributed by atoms with Gasteiger partial charge in [-0.3, -0.25) is 4.21 Å². The van der Waals surface area contributed by atoms with E-state index in [1.165, 1.54) is 12.8 Å². The molecule has 0 amide bonds. The van der Waals surface area contributed by atoms with Gasteiger partial charge in [-0.2, -0.15) is 5.26 Å². The van der Waals surface area contributed by atoms with Crippen molar-refractivity contribution < 1.29 is 4.21 Å². The number of aromatic nitrogens is 1.